The highest BCUT2D eigenvalue weighted by atomic mass is 32.2. The van der Waals surface area contributed by atoms with Gasteiger partial charge in [0.1, 0.15) is 0 Å². The second-order valence-electron chi connectivity index (χ2n) is 1.93. The van der Waals surface area contributed by atoms with E-state index in [1.54, 1.807) is 0 Å². The van der Waals surface area contributed by atoms with Crippen molar-refractivity contribution in [3.8, 4) is 0 Å². The summed E-state index contributed by atoms with van der Waals surface area (Å²) < 4.78 is 58.6. The first-order valence-electron chi connectivity index (χ1n) is 2.79. The molecule has 0 saturated heterocycles. The van der Waals surface area contributed by atoms with Crippen molar-refractivity contribution in [1.29, 1.82) is 0 Å². The molecule has 0 amide bonds. The first-order chi connectivity index (χ1) is 5.21. The molecule has 0 rings (SSSR count). The average Bonchev–Trinajstić information content (AvgIpc) is 1.76. The third-order valence-corrected chi connectivity index (χ3v) is 1.25. The van der Waals surface area contributed by atoms with Gasteiger partial charge in [0.05, 0.1) is 12.9 Å². The van der Waals surface area contributed by atoms with Crippen LogP contribution in [0.2, 0.25) is 0 Å². The third-order valence-electron chi connectivity index (χ3n) is 0.685. The molecule has 0 bridgehead atoms. The van der Waals surface area contributed by atoms with Gasteiger partial charge >= 0.3 is 6.18 Å². The van der Waals surface area contributed by atoms with Crippen LogP contribution in [0.1, 0.15) is 0 Å². The highest BCUT2D eigenvalue weighted by Crippen LogP contribution is 2.15. The molecule has 0 unspecified atom stereocenters. The van der Waals surface area contributed by atoms with Crippen LogP contribution in [0.3, 0.4) is 0 Å². The fourth-order valence-corrected chi connectivity index (χ4v) is 0.670. The summed E-state index contributed by atoms with van der Waals surface area (Å²) in [5.41, 5.74) is 0. The van der Waals surface area contributed by atoms with Gasteiger partial charge in [-0.1, -0.05) is 6.08 Å². The summed E-state index contributed by atoms with van der Waals surface area (Å²) in [6, 6.07) is 0. The summed E-state index contributed by atoms with van der Waals surface area (Å²) in [4.78, 5) is 0. The van der Waals surface area contributed by atoms with Gasteiger partial charge in [0.15, 0.2) is 0 Å². The minimum Gasteiger partial charge on any atom is -0.266 e. The molecule has 0 aromatic carbocycles. The highest BCUT2D eigenvalue weighted by molar-refractivity contribution is 7.85. The molecule has 0 heterocycles. The van der Waals surface area contributed by atoms with Gasteiger partial charge in [-0.2, -0.15) is 21.6 Å². The summed E-state index contributed by atoms with van der Waals surface area (Å²) >= 11 is 0. The molecule has 0 aliphatic rings. The molecule has 7 heteroatoms. The maximum atomic E-state index is 11.4. The Morgan fingerprint density at radius 1 is 1.42 bits per heavy atom. The van der Waals surface area contributed by atoms with Crippen LogP contribution < -0.4 is 0 Å². The Hall–Kier alpha value is -0.560. The molecule has 0 aromatic rings. The fourth-order valence-electron chi connectivity index (χ4n) is 0.345. The van der Waals surface area contributed by atoms with Crippen molar-refractivity contribution in [3.05, 3.63) is 12.2 Å². The summed E-state index contributed by atoms with van der Waals surface area (Å²) in [7, 11) is -3.66. The minimum atomic E-state index is -4.43. The van der Waals surface area contributed by atoms with E-state index in [2.05, 4.69) is 4.18 Å². The van der Waals surface area contributed by atoms with E-state index in [0.29, 0.717) is 6.08 Å². The lowest BCUT2D eigenvalue weighted by atomic mass is 10.5. The van der Waals surface area contributed by atoms with Crippen LogP contribution in [-0.4, -0.2) is 27.5 Å². The lowest BCUT2D eigenvalue weighted by Gasteiger charge is -1.97. The van der Waals surface area contributed by atoms with Crippen molar-refractivity contribution < 1.29 is 25.8 Å². The fraction of sp³-hybridized carbons (Fsp3) is 0.600. The molecule has 0 N–H and O–H groups in total. The van der Waals surface area contributed by atoms with Crippen LogP contribution >= 0.6 is 0 Å². The lowest BCUT2D eigenvalue weighted by molar-refractivity contribution is -0.0801. The Morgan fingerprint density at radius 3 is 2.25 bits per heavy atom. The summed E-state index contributed by atoms with van der Waals surface area (Å²) in [6.45, 7) is -0.599. The smallest absolute Gasteiger partial charge is 0.266 e. The van der Waals surface area contributed by atoms with Crippen LogP contribution in [0.15, 0.2) is 12.2 Å². The number of hydrogen-bond donors (Lipinski definition) is 0. The molecule has 0 atom stereocenters. The van der Waals surface area contributed by atoms with Gasteiger partial charge in [-0.15, -0.1) is 0 Å². The van der Waals surface area contributed by atoms with E-state index in [1.807, 2.05) is 0 Å². The highest BCUT2D eigenvalue weighted by Gasteiger charge is 2.21. The normalized spacial score (nSPS) is 14.0. The molecule has 72 valence electrons. The molecule has 3 nitrogen and oxygen atoms in total. The zero-order chi connectivity index (χ0) is 9.83. The van der Waals surface area contributed by atoms with E-state index in [9.17, 15) is 21.6 Å². The number of hydrogen-bond acceptors (Lipinski definition) is 3. The Balaban J connectivity index is 3.80. The third kappa shape index (κ3) is 9.44. The van der Waals surface area contributed by atoms with E-state index >= 15 is 0 Å². The Labute approximate surface area is 68.0 Å². The molecule has 0 spiro atoms. The van der Waals surface area contributed by atoms with Gasteiger partial charge in [0.2, 0.25) is 0 Å². The largest absolute Gasteiger partial charge is 0.409 e. The number of alkyl halides is 3. The molecule has 0 aliphatic heterocycles. The van der Waals surface area contributed by atoms with Gasteiger partial charge < -0.3 is 0 Å². The molecular weight excluding hydrogens is 197 g/mol. The molecule has 0 fully saturated rings. The number of allylic oxidation sites excluding steroid dienone is 1. The topological polar surface area (TPSA) is 43.4 Å². The van der Waals surface area contributed by atoms with Crippen LogP contribution in [0.25, 0.3) is 0 Å². The van der Waals surface area contributed by atoms with E-state index in [4.69, 9.17) is 0 Å². The summed E-state index contributed by atoms with van der Waals surface area (Å²) in [5, 5.41) is 0. The Kier molecular flexibility index (Phi) is 3.72. The minimum absolute atomic E-state index is 0.0851. The van der Waals surface area contributed by atoms with Gasteiger partial charge in [-0.05, 0) is 0 Å². The van der Waals surface area contributed by atoms with Gasteiger partial charge in [-0.25, -0.2) is 0 Å². The van der Waals surface area contributed by atoms with Crippen molar-refractivity contribution in [2.45, 2.75) is 6.18 Å². The van der Waals surface area contributed by atoms with Crippen LogP contribution in [-0.2, 0) is 14.3 Å². The van der Waals surface area contributed by atoms with Crippen molar-refractivity contribution in [2.75, 3.05) is 12.9 Å². The summed E-state index contributed by atoms with van der Waals surface area (Å²) in [5.74, 6) is 0. The summed E-state index contributed by atoms with van der Waals surface area (Å²) in [6.07, 6.45) is -3.17. The first kappa shape index (κ1) is 11.4. The molecule has 0 aliphatic carbocycles. The zero-order valence-electron chi connectivity index (χ0n) is 6.13. The quantitative estimate of drug-likeness (QED) is 0.510. The predicted molar refractivity (Wildman–Crippen MR) is 36.0 cm³/mol. The van der Waals surface area contributed by atoms with Crippen LogP contribution in [0, 0.1) is 0 Å². The SMILES string of the molecule is CS(=O)(=O)OC/C=C/C(F)(F)F. The second kappa shape index (κ2) is 3.90. The van der Waals surface area contributed by atoms with Crippen molar-refractivity contribution in [3.63, 3.8) is 0 Å². The molecule has 0 aromatic heterocycles. The maximum Gasteiger partial charge on any atom is 0.409 e. The van der Waals surface area contributed by atoms with E-state index < -0.39 is 22.9 Å². The zero-order valence-corrected chi connectivity index (χ0v) is 6.95. The molecule has 0 radical (unpaired) electrons. The van der Waals surface area contributed by atoms with Gasteiger partial charge in [0.25, 0.3) is 10.1 Å². The number of rotatable bonds is 3. The average molecular weight is 204 g/mol. The Bertz CT molecular complexity index is 252. The first-order valence-corrected chi connectivity index (χ1v) is 4.61. The van der Waals surface area contributed by atoms with Crippen molar-refractivity contribution >= 4 is 10.1 Å². The predicted octanol–water partition coefficient (Wildman–Crippen LogP) is 1.08. The lowest BCUT2D eigenvalue weighted by Crippen LogP contribution is -2.05. The van der Waals surface area contributed by atoms with Gasteiger partial charge in [0, 0.05) is 6.08 Å². The van der Waals surface area contributed by atoms with E-state index in [1.165, 1.54) is 0 Å². The van der Waals surface area contributed by atoms with Crippen molar-refractivity contribution in [1.82, 2.24) is 0 Å². The molecular formula is C5H7F3O3S. The van der Waals surface area contributed by atoms with E-state index in [-0.39, 0.29) is 6.08 Å². The molecule has 12 heavy (non-hydrogen) atoms. The Morgan fingerprint density at radius 2 is 1.92 bits per heavy atom. The monoisotopic (exact) mass is 204 g/mol. The van der Waals surface area contributed by atoms with Crippen molar-refractivity contribution in [2.24, 2.45) is 0 Å². The maximum absolute atomic E-state index is 11.4. The van der Waals surface area contributed by atoms with E-state index in [0.717, 1.165) is 6.26 Å². The van der Waals surface area contributed by atoms with Crippen LogP contribution in [0.4, 0.5) is 13.2 Å². The van der Waals surface area contributed by atoms with Gasteiger partial charge in [-0.3, -0.25) is 4.18 Å². The number of halogens is 3. The van der Waals surface area contributed by atoms with Crippen LogP contribution in [0.5, 0.6) is 0 Å². The molecule has 0 saturated carbocycles. The standard InChI is InChI=1S/C5H7F3O3S/c1-12(9,10)11-4-2-3-5(6,7)8/h2-3H,4H2,1H3/b3-2+. The second-order valence-corrected chi connectivity index (χ2v) is 3.58.